The molecule has 3 atom stereocenters. The molecule has 1 saturated heterocycles. The lowest BCUT2D eigenvalue weighted by Gasteiger charge is -2.14. The quantitative estimate of drug-likeness (QED) is 0.323. The summed E-state index contributed by atoms with van der Waals surface area (Å²) in [6.07, 6.45) is -2.85. The fourth-order valence-electron chi connectivity index (χ4n) is 2.21. The van der Waals surface area contributed by atoms with Crippen LogP contribution < -0.4 is 0 Å². The first-order chi connectivity index (χ1) is 10.5. The van der Waals surface area contributed by atoms with Gasteiger partial charge in [0.05, 0.1) is 7.11 Å². The Morgan fingerprint density at radius 3 is 2.64 bits per heavy atom. The normalized spacial score (nSPS) is 22.5. The molecule has 1 fully saturated rings. The predicted octanol–water partition coefficient (Wildman–Crippen LogP) is -0.152. The van der Waals surface area contributed by atoms with Crippen molar-refractivity contribution in [2.45, 2.75) is 18.6 Å². The average Bonchev–Trinajstić information content (AvgIpc) is 2.80. The Labute approximate surface area is 126 Å². The van der Waals surface area contributed by atoms with Crippen LogP contribution in [0.5, 0.6) is 0 Å². The van der Waals surface area contributed by atoms with E-state index in [-0.39, 0.29) is 13.0 Å². The Balaban J connectivity index is 2.03. The molecule has 1 heterocycles. The highest BCUT2D eigenvalue weighted by atomic mass is 17.2. The molecule has 1 N–H and O–H groups in total. The summed E-state index contributed by atoms with van der Waals surface area (Å²) in [5.41, 5.74) is 0.694. The zero-order chi connectivity index (χ0) is 16.1. The second-order valence-electron chi connectivity index (χ2n) is 4.84. The van der Waals surface area contributed by atoms with Crippen molar-refractivity contribution in [3.8, 4) is 0 Å². The number of hydrogen-bond acceptors (Lipinski definition) is 7. The van der Waals surface area contributed by atoms with Crippen molar-refractivity contribution in [3.63, 3.8) is 0 Å². The molecule has 3 unspecified atom stereocenters. The zero-order valence-corrected chi connectivity index (χ0v) is 11.9. The second-order valence-corrected chi connectivity index (χ2v) is 4.84. The maximum Gasteiger partial charge on any atom is 0.325 e. The minimum absolute atomic E-state index is 0.0519. The highest BCUT2D eigenvalue weighted by Gasteiger charge is 2.50. The molecule has 0 aromatic heterocycles. The Morgan fingerprint density at radius 2 is 2.00 bits per heavy atom. The van der Waals surface area contributed by atoms with Gasteiger partial charge in [-0.05, 0) is 5.56 Å². The van der Waals surface area contributed by atoms with Gasteiger partial charge in [-0.3, -0.25) is 14.4 Å². The number of rotatable bonds is 7. The summed E-state index contributed by atoms with van der Waals surface area (Å²) < 4.78 is 4.81. The fourth-order valence-corrected chi connectivity index (χ4v) is 2.21. The van der Waals surface area contributed by atoms with E-state index in [1.54, 1.807) is 30.3 Å². The fraction of sp³-hybridized carbons (Fsp3) is 0.400. The lowest BCUT2D eigenvalue weighted by atomic mass is 9.92. The van der Waals surface area contributed by atoms with Crippen molar-refractivity contribution >= 4 is 17.5 Å². The van der Waals surface area contributed by atoms with E-state index in [1.165, 1.54) is 7.11 Å². The highest BCUT2D eigenvalue weighted by Crippen LogP contribution is 2.22. The van der Waals surface area contributed by atoms with Gasteiger partial charge in [-0.2, -0.15) is 0 Å². The number of ketones is 2. The molecule has 7 heteroatoms. The highest BCUT2D eigenvalue weighted by molar-refractivity contribution is 6.22. The number of carbonyl (C=O) groups is 3. The summed E-state index contributed by atoms with van der Waals surface area (Å²) in [7, 11) is 1.24. The number of aliphatic hydroxyl groups is 1. The molecular formula is C15H16O7. The second kappa shape index (κ2) is 7.26. The molecule has 1 aliphatic rings. The lowest BCUT2D eigenvalue weighted by Crippen LogP contribution is -2.38. The Morgan fingerprint density at radius 1 is 1.32 bits per heavy atom. The predicted molar refractivity (Wildman–Crippen MR) is 72.5 cm³/mol. The number of esters is 1. The maximum absolute atomic E-state index is 12.2. The first kappa shape index (κ1) is 16.3. The van der Waals surface area contributed by atoms with Gasteiger partial charge in [-0.1, -0.05) is 30.3 Å². The smallest absolute Gasteiger partial charge is 0.325 e. The van der Waals surface area contributed by atoms with Crippen molar-refractivity contribution in [2.24, 2.45) is 5.92 Å². The monoisotopic (exact) mass is 308 g/mol. The van der Waals surface area contributed by atoms with Gasteiger partial charge in [0, 0.05) is 6.42 Å². The van der Waals surface area contributed by atoms with Gasteiger partial charge in [0.2, 0.25) is 0 Å². The van der Waals surface area contributed by atoms with E-state index >= 15 is 0 Å². The molecule has 1 aliphatic heterocycles. The Kier molecular flexibility index (Phi) is 5.37. The van der Waals surface area contributed by atoms with Crippen LogP contribution in [-0.2, 0) is 35.3 Å². The van der Waals surface area contributed by atoms with Crippen LogP contribution in [0.1, 0.15) is 5.56 Å². The van der Waals surface area contributed by atoms with Crippen LogP contribution in [0.2, 0.25) is 0 Å². The summed E-state index contributed by atoms with van der Waals surface area (Å²) >= 11 is 0. The summed E-state index contributed by atoms with van der Waals surface area (Å²) in [6, 6.07) is 8.76. The molecule has 22 heavy (non-hydrogen) atoms. The van der Waals surface area contributed by atoms with E-state index in [9.17, 15) is 19.5 Å². The summed E-state index contributed by atoms with van der Waals surface area (Å²) in [4.78, 5) is 44.9. The van der Waals surface area contributed by atoms with Gasteiger partial charge in [0.25, 0.3) is 0 Å². The number of benzene rings is 1. The standard InChI is InChI=1S/C15H16O7/c1-20-21-8-11(17)14-13(18)12(15(19)22-14)10(16)7-9-5-3-2-4-6-9/h2-6,11-12,14,17H,7-8H2,1H3. The van der Waals surface area contributed by atoms with Crippen LogP contribution in [0, 0.1) is 5.92 Å². The Hall–Kier alpha value is -2.09. The minimum Gasteiger partial charge on any atom is -0.451 e. The largest absolute Gasteiger partial charge is 0.451 e. The molecule has 0 saturated carbocycles. The molecule has 0 aliphatic carbocycles. The molecule has 0 radical (unpaired) electrons. The zero-order valence-electron chi connectivity index (χ0n) is 11.9. The van der Waals surface area contributed by atoms with Gasteiger partial charge < -0.3 is 9.84 Å². The summed E-state index contributed by atoms with van der Waals surface area (Å²) in [5.74, 6) is -3.74. The molecule has 118 valence electrons. The number of ether oxygens (including phenoxy) is 1. The van der Waals surface area contributed by atoms with E-state index in [0.717, 1.165) is 0 Å². The maximum atomic E-state index is 12.2. The molecule has 7 nitrogen and oxygen atoms in total. The van der Waals surface area contributed by atoms with Crippen molar-refractivity contribution in [1.29, 1.82) is 0 Å². The van der Waals surface area contributed by atoms with E-state index in [2.05, 4.69) is 9.78 Å². The van der Waals surface area contributed by atoms with Gasteiger partial charge in [0.1, 0.15) is 12.7 Å². The van der Waals surface area contributed by atoms with Crippen LogP contribution in [0.3, 0.4) is 0 Å². The van der Waals surface area contributed by atoms with Gasteiger partial charge in [-0.25, -0.2) is 9.78 Å². The van der Waals surface area contributed by atoms with Gasteiger partial charge >= 0.3 is 5.97 Å². The van der Waals surface area contributed by atoms with Crippen LogP contribution >= 0.6 is 0 Å². The topological polar surface area (TPSA) is 99.1 Å². The molecule has 0 spiro atoms. The number of carbonyl (C=O) groups excluding carboxylic acids is 3. The molecule has 0 bridgehead atoms. The third-order valence-corrected chi connectivity index (χ3v) is 3.29. The Bertz CT molecular complexity index is 554. The van der Waals surface area contributed by atoms with Crippen LogP contribution in [-0.4, -0.2) is 48.6 Å². The van der Waals surface area contributed by atoms with Crippen molar-refractivity contribution < 1.29 is 34.0 Å². The number of Topliss-reactive ketones (excluding diaryl/α,β-unsaturated/α-hetero) is 2. The molecule has 2 rings (SSSR count). The molecular weight excluding hydrogens is 292 g/mol. The number of cyclic esters (lactones) is 1. The number of aliphatic hydroxyl groups excluding tert-OH is 1. The van der Waals surface area contributed by atoms with Gasteiger partial charge in [0.15, 0.2) is 23.6 Å². The average molecular weight is 308 g/mol. The molecule has 1 aromatic carbocycles. The minimum atomic E-state index is -1.50. The summed E-state index contributed by atoms with van der Waals surface area (Å²) in [5, 5.41) is 9.74. The third kappa shape index (κ3) is 3.56. The van der Waals surface area contributed by atoms with E-state index in [4.69, 9.17) is 4.74 Å². The first-order valence-electron chi connectivity index (χ1n) is 6.69. The van der Waals surface area contributed by atoms with Crippen molar-refractivity contribution in [3.05, 3.63) is 35.9 Å². The summed E-state index contributed by atoms with van der Waals surface area (Å²) in [6.45, 7) is -0.347. The van der Waals surface area contributed by atoms with Crippen LogP contribution in [0.15, 0.2) is 30.3 Å². The van der Waals surface area contributed by atoms with Crippen molar-refractivity contribution in [2.75, 3.05) is 13.7 Å². The van der Waals surface area contributed by atoms with Crippen molar-refractivity contribution in [1.82, 2.24) is 0 Å². The van der Waals surface area contributed by atoms with E-state index in [1.807, 2.05) is 0 Å². The van der Waals surface area contributed by atoms with Crippen LogP contribution in [0.25, 0.3) is 0 Å². The van der Waals surface area contributed by atoms with E-state index < -0.39 is 35.7 Å². The SMILES string of the molecule is COOCC(O)C1OC(=O)C(C(=O)Cc2ccccc2)C1=O. The van der Waals surface area contributed by atoms with Gasteiger partial charge in [-0.15, -0.1) is 0 Å². The van der Waals surface area contributed by atoms with E-state index in [0.29, 0.717) is 5.56 Å². The lowest BCUT2D eigenvalue weighted by molar-refractivity contribution is -0.288. The molecule has 1 aromatic rings. The third-order valence-electron chi connectivity index (χ3n) is 3.29. The van der Waals surface area contributed by atoms with Crippen LogP contribution in [0.4, 0.5) is 0 Å². The molecule has 0 amide bonds. The number of hydrogen-bond donors (Lipinski definition) is 1. The first-order valence-corrected chi connectivity index (χ1v) is 6.69.